The van der Waals surface area contributed by atoms with Crippen molar-refractivity contribution in [2.24, 2.45) is 0 Å². The van der Waals surface area contributed by atoms with Gasteiger partial charge in [-0.15, -0.1) is 11.3 Å². The Kier molecular flexibility index (Phi) is 3.92. The van der Waals surface area contributed by atoms with Gasteiger partial charge in [-0.3, -0.25) is 0 Å². The first kappa shape index (κ1) is 15.1. The average Bonchev–Trinajstić information content (AvgIpc) is 3.13. The molecule has 0 saturated carbocycles. The molecule has 0 aliphatic rings. The monoisotopic (exact) mass is 351 g/mol. The van der Waals surface area contributed by atoms with Crippen LogP contribution in [0.2, 0.25) is 5.02 Å². The molecule has 0 spiro atoms. The maximum atomic E-state index is 6.14. The van der Waals surface area contributed by atoms with E-state index in [0.29, 0.717) is 5.02 Å². The van der Waals surface area contributed by atoms with E-state index in [9.17, 15) is 0 Å². The lowest BCUT2D eigenvalue weighted by Gasteiger charge is -2.12. The lowest BCUT2D eigenvalue weighted by atomic mass is 10.2. The Morgan fingerprint density at radius 2 is 1.88 bits per heavy atom. The number of aromatic nitrogens is 2. The second kappa shape index (κ2) is 6.23. The first-order valence-electron chi connectivity index (χ1n) is 7.54. The van der Waals surface area contributed by atoms with Crippen LogP contribution >= 0.6 is 22.9 Å². The SMILES string of the molecule is Cc1ccc(Cl)cc1Nc1nc(-c2cccs2)nc2ccccc12. The van der Waals surface area contributed by atoms with E-state index in [2.05, 4.69) is 5.32 Å². The molecule has 4 aromatic rings. The Labute approximate surface area is 149 Å². The number of rotatable bonds is 3. The standard InChI is InChI=1S/C19H14ClN3S/c1-12-8-9-13(20)11-16(12)22-18-14-5-2-3-6-15(14)21-19(23-18)17-7-4-10-24-17/h2-11H,1H3,(H,21,22,23). The minimum Gasteiger partial charge on any atom is -0.339 e. The fourth-order valence-corrected chi connectivity index (χ4v) is 3.37. The maximum Gasteiger partial charge on any atom is 0.172 e. The van der Waals surface area contributed by atoms with Crippen molar-refractivity contribution in [1.82, 2.24) is 9.97 Å². The van der Waals surface area contributed by atoms with Crippen LogP contribution < -0.4 is 5.32 Å². The van der Waals surface area contributed by atoms with E-state index in [1.165, 1.54) is 0 Å². The fraction of sp³-hybridized carbons (Fsp3) is 0.0526. The number of fused-ring (bicyclic) bond motifs is 1. The predicted octanol–water partition coefficient (Wildman–Crippen LogP) is 6.06. The van der Waals surface area contributed by atoms with Gasteiger partial charge in [-0.2, -0.15) is 0 Å². The summed E-state index contributed by atoms with van der Waals surface area (Å²) in [4.78, 5) is 10.5. The third-order valence-electron chi connectivity index (χ3n) is 3.80. The second-order valence-electron chi connectivity index (χ2n) is 5.47. The van der Waals surface area contributed by atoms with Crippen LogP contribution in [0.3, 0.4) is 0 Å². The van der Waals surface area contributed by atoms with Crippen LogP contribution in [-0.4, -0.2) is 9.97 Å². The van der Waals surface area contributed by atoms with Crippen LogP contribution in [0.4, 0.5) is 11.5 Å². The summed E-state index contributed by atoms with van der Waals surface area (Å²) in [7, 11) is 0. The van der Waals surface area contributed by atoms with Crippen LogP contribution in [0.1, 0.15) is 5.56 Å². The molecule has 2 aromatic heterocycles. The van der Waals surface area contributed by atoms with Crippen LogP contribution in [0, 0.1) is 6.92 Å². The highest BCUT2D eigenvalue weighted by atomic mass is 35.5. The first-order valence-corrected chi connectivity index (χ1v) is 8.80. The van der Waals surface area contributed by atoms with Gasteiger partial charge in [0.2, 0.25) is 0 Å². The Bertz CT molecular complexity index is 1010. The van der Waals surface area contributed by atoms with Gasteiger partial charge in [-0.1, -0.05) is 35.9 Å². The molecule has 0 bridgehead atoms. The van der Waals surface area contributed by atoms with Crippen molar-refractivity contribution in [1.29, 1.82) is 0 Å². The average molecular weight is 352 g/mol. The largest absolute Gasteiger partial charge is 0.339 e. The van der Waals surface area contributed by atoms with E-state index in [4.69, 9.17) is 21.6 Å². The topological polar surface area (TPSA) is 37.8 Å². The molecule has 1 N–H and O–H groups in total. The number of thiophene rings is 1. The summed E-state index contributed by atoms with van der Waals surface area (Å²) in [5.74, 6) is 1.51. The van der Waals surface area contributed by atoms with Crippen molar-refractivity contribution >= 4 is 45.3 Å². The number of aryl methyl sites for hydroxylation is 1. The van der Waals surface area contributed by atoms with E-state index in [1.54, 1.807) is 11.3 Å². The second-order valence-corrected chi connectivity index (χ2v) is 6.86. The van der Waals surface area contributed by atoms with Crippen LogP contribution in [0.5, 0.6) is 0 Å². The number of benzene rings is 2. The normalized spacial score (nSPS) is 10.9. The third-order valence-corrected chi connectivity index (χ3v) is 4.90. The molecule has 0 atom stereocenters. The molecule has 118 valence electrons. The van der Waals surface area contributed by atoms with E-state index >= 15 is 0 Å². The number of hydrogen-bond donors (Lipinski definition) is 1. The van der Waals surface area contributed by atoms with E-state index in [-0.39, 0.29) is 0 Å². The summed E-state index contributed by atoms with van der Waals surface area (Å²) in [6.07, 6.45) is 0. The summed E-state index contributed by atoms with van der Waals surface area (Å²) >= 11 is 7.77. The zero-order chi connectivity index (χ0) is 16.5. The molecule has 0 amide bonds. The van der Waals surface area contributed by atoms with Gasteiger partial charge in [0.1, 0.15) is 5.82 Å². The van der Waals surface area contributed by atoms with Crippen molar-refractivity contribution in [3.8, 4) is 10.7 Å². The molecule has 2 aromatic carbocycles. The van der Waals surface area contributed by atoms with Crippen molar-refractivity contribution < 1.29 is 0 Å². The highest BCUT2D eigenvalue weighted by molar-refractivity contribution is 7.13. The van der Waals surface area contributed by atoms with Gasteiger partial charge in [-0.25, -0.2) is 9.97 Å². The van der Waals surface area contributed by atoms with Crippen LogP contribution in [0.15, 0.2) is 60.0 Å². The van der Waals surface area contributed by atoms with Crippen molar-refractivity contribution in [2.45, 2.75) is 6.92 Å². The zero-order valence-electron chi connectivity index (χ0n) is 13.0. The molecule has 2 heterocycles. The zero-order valence-corrected chi connectivity index (χ0v) is 14.5. The number of nitrogens with zero attached hydrogens (tertiary/aromatic N) is 2. The Morgan fingerprint density at radius 3 is 2.71 bits per heavy atom. The maximum absolute atomic E-state index is 6.14. The molecule has 0 saturated heterocycles. The Morgan fingerprint density at radius 1 is 1.00 bits per heavy atom. The van der Waals surface area contributed by atoms with Gasteiger partial charge < -0.3 is 5.32 Å². The summed E-state index contributed by atoms with van der Waals surface area (Å²) in [5, 5.41) is 7.14. The van der Waals surface area contributed by atoms with Crippen LogP contribution in [-0.2, 0) is 0 Å². The van der Waals surface area contributed by atoms with Gasteiger partial charge in [-0.05, 0) is 48.2 Å². The molecule has 24 heavy (non-hydrogen) atoms. The molecular weight excluding hydrogens is 338 g/mol. The molecule has 0 fully saturated rings. The molecule has 0 aliphatic heterocycles. The van der Waals surface area contributed by atoms with Crippen molar-refractivity contribution in [3.05, 3.63) is 70.6 Å². The van der Waals surface area contributed by atoms with Crippen molar-refractivity contribution in [3.63, 3.8) is 0 Å². The Hall–Kier alpha value is -2.43. The summed E-state index contributed by atoms with van der Waals surface area (Å²) < 4.78 is 0. The van der Waals surface area contributed by atoms with E-state index < -0.39 is 0 Å². The fourth-order valence-electron chi connectivity index (χ4n) is 2.54. The summed E-state index contributed by atoms with van der Waals surface area (Å²) in [6.45, 7) is 2.04. The van der Waals surface area contributed by atoms with E-state index in [1.807, 2.05) is 66.9 Å². The molecule has 5 heteroatoms. The quantitative estimate of drug-likeness (QED) is 0.487. The molecule has 0 unspecified atom stereocenters. The van der Waals surface area contributed by atoms with Gasteiger partial charge in [0.05, 0.1) is 10.4 Å². The Balaban J connectivity index is 1.88. The van der Waals surface area contributed by atoms with Gasteiger partial charge in [0, 0.05) is 16.1 Å². The molecule has 0 radical (unpaired) electrons. The lowest BCUT2D eigenvalue weighted by molar-refractivity contribution is 1.23. The van der Waals surface area contributed by atoms with Gasteiger partial charge in [0.15, 0.2) is 5.82 Å². The van der Waals surface area contributed by atoms with Gasteiger partial charge >= 0.3 is 0 Å². The number of para-hydroxylation sites is 1. The highest BCUT2D eigenvalue weighted by Crippen LogP contribution is 2.30. The molecular formula is C19H14ClN3S. The first-order chi connectivity index (χ1) is 11.7. The number of anilines is 2. The molecule has 4 rings (SSSR count). The third kappa shape index (κ3) is 2.86. The van der Waals surface area contributed by atoms with Crippen LogP contribution in [0.25, 0.3) is 21.6 Å². The number of halogens is 1. The summed E-state index contributed by atoms with van der Waals surface area (Å²) in [5.41, 5.74) is 2.97. The number of nitrogens with one attached hydrogen (secondary N) is 1. The minimum absolute atomic E-state index is 0.694. The van der Waals surface area contributed by atoms with Gasteiger partial charge in [0.25, 0.3) is 0 Å². The smallest absolute Gasteiger partial charge is 0.172 e. The molecule has 0 aliphatic carbocycles. The number of hydrogen-bond acceptors (Lipinski definition) is 4. The predicted molar refractivity (Wildman–Crippen MR) is 102 cm³/mol. The van der Waals surface area contributed by atoms with E-state index in [0.717, 1.165) is 38.7 Å². The highest BCUT2D eigenvalue weighted by Gasteiger charge is 2.11. The lowest BCUT2D eigenvalue weighted by Crippen LogP contribution is -2.00. The summed E-state index contributed by atoms with van der Waals surface area (Å²) in [6, 6.07) is 17.8. The minimum atomic E-state index is 0.694. The molecule has 3 nitrogen and oxygen atoms in total. The van der Waals surface area contributed by atoms with Crippen molar-refractivity contribution in [2.75, 3.05) is 5.32 Å².